The standard InChI is InChI=1S/C14H11Cl3FN/c15-10-2-1-3-11(16)9(10)7-14(19)8-4-5-13(18)12(17)6-8/h1-6,14H,7,19H2. The second kappa shape index (κ2) is 6.10. The number of nitrogens with two attached hydrogens (primary N) is 1. The molecule has 1 atom stereocenters. The van der Waals surface area contributed by atoms with E-state index in [2.05, 4.69) is 0 Å². The predicted octanol–water partition coefficient (Wildman–Crippen LogP) is 5.03. The fourth-order valence-corrected chi connectivity index (χ4v) is 2.55. The van der Waals surface area contributed by atoms with Crippen molar-refractivity contribution in [3.05, 3.63) is 68.4 Å². The monoisotopic (exact) mass is 317 g/mol. The molecule has 0 aliphatic heterocycles. The third-order valence-corrected chi connectivity index (χ3v) is 3.86. The molecular weight excluding hydrogens is 308 g/mol. The van der Waals surface area contributed by atoms with Crippen molar-refractivity contribution < 1.29 is 4.39 Å². The van der Waals surface area contributed by atoms with Crippen LogP contribution in [0, 0.1) is 5.82 Å². The smallest absolute Gasteiger partial charge is 0.141 e. The number of hydrogen-bond donors (Lipinski definition) is 1. The van der Waals surface area contributed by atoms with E-state index in [1.807, 2.05) is 0 Å². The number of rotatable bonds is 3. The average molecular weight is 319 g/mol. The maximum Gasteiger partial charge on any atom is 0.141 e. The molecule has 2 aromatic rings. The SMILES string of the molecule is NC(Cc1c(Cl)cccc1Cl)c1ccc(F)c(Cl)c1. The summed E-state index contributed by atoms with van der Waals surface area (Å²) in [5.41, 5.74) is 7.60. The van der Waals surface area contributed by atoms with Gasteiger partial charge in [-0.1, -0.05) is 46.9 Å². The molecule has 1 unspecified atom stereocenters. The molecule has 0 amide bonds. The number of hydrogen-bond acceptors (Lipinski definition) is 1. The van der Waals surface area contributed by atoms with Gasteiger partial charge in [-0.25, -0.2) is 4.39 Å². The third kappa shape index (κ3) is 3.40. The van der Waals surface area contributed by atoms with E-state index in [-0.39, 0.29) is 11.1 Å². The van der Waals surface area contributed by atoms with Crippen molar-refractivity contribution in [1.82, 2.24) is 0 Å². The summed E-state index contributed by atoms with van der Waals surface area (Å²) in [5.74, 6) is -0.464. The minimum atomic E-state index is -0.464. The molecule has 0 radical (unpaired) electrons. The summed E-state index contributed by atoms with van der Waals surface area (Å²) < 4.78 is 13.1. The van der Waals surface area contributed by atoms with Crippen molar-refractivity contribution in [3.63, 3.8) is 0 Å². The summed E-state index contributed by atoms with van der Waals surface area (Å²) in [6, 6.07) is 9.36. The first-order valence-electron chi connectivity index (χ1n) is 5.62. The molecule has 0 fully saturated rings. The quantitative estimate of drug-likeness (QED) is 0.844. The van der Waals surface area contributed by atoms with Crippen LogP contribution in [0.3, 0.4) is 0 Å². The fraction of sp³-hybridized carbons (Fsp3) is 0.143. The largest absolute Gasteiger partial charge is 0.324 e. The van der Waals surface area contributed by atoms with Crippen LogP contribution in [0.15, 0.2) is 36.4 Å². The van der Waals surface area contributed by atoms with Gasteiger partial charge in [0.15, 0.2) is 0 Å². The fourth-order valence-electron chi connectivity index (χ4n) is 1.81. The van der Waals surface area contributed by atoms with E-state index in [0.717, 1.165) is 11.1 Å². The molecule has 0 saturated heterocycles. The van der Waals surface area contributed by atoms with E-state index >= 15 is 0 Å². The normalized spacial score (nSPS) is 12.5. The molecule has 2 aromatic carbocycles. The molecule has 100 valence electrons. The van der Waals surface area contributed by atoms with Gasteiger partial charge in [-0.3, -0.25) is 0 Å². The summed E-state index contributed by atoms with van der Waals surface area (Å²) in [6.07, 6.45) is 0.459. The maximum atomic E-state index is 13.1. The zero-order chi connectivity index (χ0) is 14.0. The molecule has 0 bridgehead atoms. The van der Waals surface area contributed by atoms with Crippen LogP contribution >= 0.6 is 34.8 Å². The van der Waals surface area contributed by atoms with E-state index in [0.29, 0.717) is 16.5 Å². The highest BCUT2D eigenvalue weighted by Gasteiger charge is 2.13. The van der Waals surface area contributed by atoms with Crippen LogP contribution in [-0.4, -0.2) is 0 Å². The first-order valence-corrected chi connectivity index (χ1v) is 6.76. The molecular formula is C14H11Cl3FN. The van der Waals surface area contributed by atoms with Gasteiger partial charge in [-0.05, 0) is 41.8 Å². The molecule has 1 nitrogen and oxygen atoms in total. The van der Waals surface area contributed by atoms with Gasteiger partial charge in [0.1, 0.15) is 5.82 Å². The molecule has 2 rings (SSSR count). The van der Waals surface area contributed by atoms with Gasteiger partial charge in [-0.2, -0.15) is 0 Å². The Hall–Kier alpha value is -0.800. The first-order chi connectivity index (χ1) is 8.99. The van der Waals surface area contributed by atoms with E-state index in [1.54, 1.807) is 24.3 Å². The van der Waals surface area contributed by atoms with Gasteiger partial charge in [0.2, 0.25) is 0 Å². The molecule has 5 heteroatoms. The van der Waals surface area contributed by atoms with Crippen LogP contribution in [0.1, 0.15) is 17.2 Å². The van der Waals surface area contributed by atoms with Gasteiger partial charge in [0, 0.05) is 16.1 Å². The Balaban J connectivity index is 2.25. The lowest BCUT2D eigenvalue weighted by atomic mass is 9.99. The Morgan fingerprint density at radius 2 is 1.63 bits per heavy atom. The first kappa shape index (κ1) is 14.6. The van der Waals surface area contributed by atoms with Crippen molar-refractivity contribution in [2.75, 3.05) is 0 Å². The Morgan fingerprint density at radius 3 is 2.21 bits per heavy atom. The van der Waals surface area contributed by atoms with Gasteiger partial charge in [-0.15, -0.1) is 0 Å². The van der Waals surface area contributed by atoms with Crippen LogP contribution < -0.4 is 5.73 Å². The summed E-state index contributed by atoms with van der Waals surface area (Å²) in [7, 11) is 0. The topological polar surface area (TPSA) is 26.0 Å². The Labute approximate surface area is 126 Å². The maximum absolute atomic E-state index is 13.1. The summed E-state index contributed by atoms with van der Waals surface area (Å²) in [4.78, 5) is 0. The molecule has 0 aliphatic rings. The highest BCUT2D eigenvalue weighted by molar-refractivity contribution is 6.36. The van der Waals surface area contributed by atoms with E-state index < -0.39 is 5.82 Å². The Kier molecular flexibility index (Phi) is 4.69. The lowest BCUT2D eigenvalue weighted by Crippen LogP contribution is -2.14. The zero-order valence-corrected chi connectivity index (χ0v) is 12.1. The van der Waals surface area contributed by atoms with Crippen LogP contribution in [0.5, 0.6) is 0 Å². The van der Waals surface area contributed by atoms with E-state index in [1.165, 1.54) is 12.1 Å². The second-order valence-corrected chi connectivity index (χ2v) is 5.41. The minimum Gasteiger partial charge on any atom is -0.324 e. The zero-order valence-electron chi connectivity index (χ0n) is 9.84. The van der Waals surface area contributed by atoms with Gasteiger partial charge >= 0.3 is 0 Å². The van der Waals surface area contributed by atoms with Gasteiger partial charge in [0.05, 0.1) is 5.02 Å². The highest BCUT2D eigenvalue weighted by Crippen LogP contribution is 2.29. The lowest BCUT2D eigenvalue weighted by Gasteiger charge is -2.15. The van der Waals surface area contributed by atoms with Crippen LogP contribution in [0.25, 0.3) is 0 Å². The molecule has 0 saturated carbocycles. The van der Waals surface area contributed by atoms with Crippen molar-refractivity contribution in [1.29, 1.82) is 0 Å². The van der Waals surface area contributed by atoms with Crippen LogP contribution in [0.4, 0.5) is 4.39 Å². The van der Waals surface area contributed by atoms with Gasteiger partial charge in [0.25, 0.3) is 0 Å². The Bertz CT molecular complexity index is 581. The number of benzene rings is 2. The van der Waals surface area contributed by atoms with Crippen molar-refractivity contribution >= 4 is 34.8 Å². The van der Waals surface area contributed by atoms with E-state index in [4.69, 9.17) is 40.5 Å². The van der Waals surface area contributed by atoms with E-state index in [9.17, 15) is 4.39 Å². The van der Waals surface area contributed by atoms with Crippen molar-refractivity contribution in [3.8, 4) is 0 Å². The van der Waals surface area contributed by atoms with Crippen LogP contribution in [0.2, 0.25) is 15.1 Å². The van der Waals surface area contributed by atoms with Gasteiger partial charge < -0.3 is 5.73 Å². The second-order valence-electron chi connectivity index (χ2n) is 4.18. The van der Waals surface area contributed by atoms with Crippen molar-refractivity contribution in [2.45, 2.75) is 12.5 Å². The number of halogens is 4. The van der Waals surface area contributed by atoms with Crippen molar-refractivity contribution in [2.24, 2.45) is 5.73 Å². The lowest BCUT2D eigenvalue weighted by molar-refractivity contribution is 0.625. The molecule has 2 N–H and O–H groups in total. The molecule has 0 aromatic heterocycles. The third-order valence-electron chi connectivity index (χ3n) is 2.86. The van der Waals surface area contributed by atoms with Crippen LogP contribution in [-0.2, 0) is 6.42 Å². The minimum absolute atomic E-state index is 0.0539. The average Bonchev–Trinajstić information content (AvgIpc) is 2.37. The predicted molar refractivity (Wildman–Crippen MR) is 78.5 cm³/mol. The molecule has 19 heavy (non-hydrogen) atoms. The highest BCUT2D eigenvalue weighted by atomic mass is 35.5. The molecule has 0 spiro atoms. The summed E-state index contributed by atoms with van der Waals surface area (Å²) >= 11 is 17.9. The molecule has 0 heterocycles. The Morgan fingerprint density at radius 1 is 1.00 bits per heavy atom. The molecule has 0 aliphatic carbocycles. The summed E-state index contributed by atoms with van der Waals surface area (Å²) in [6.45, 7) is 0. The summed E-state index contributed by atoms with van der Waals surface area (Å²) in [5, 5.41) is 1.19.